The summed E-state index contributed by atoms with van der Waals surface area (Å²) in [5, 5.41) is 16.5. The van der Waals surface area contributed by atoms with Crippen molar-refractivity contribution in [3.05, 3.63) is 58.2 Å². The van der Waals surface area contributed by atoms with Gasteiger partial charge in [0.1, 0.15) is 0 Å². The number of allylic oxidation sites excluding steroid dienone is 9. The van der Waals surface area contributed by atoms with Crippen molar-refractivity contribution < 1.29 is 10.2 Å². The lowest BCUT2D eigenvalue weighted by Gasteiger charge is -2.02. The highest BCUT2D eigenvalue weighted by Gasteiger charge is 1.93. The Morgan fingerprint density at radius 2 is 0.800 bits per heavy atom. The summed E-state index contributed by atoms with van der Waals surface area (Å²) < 4.78 is 0. The molecule has 0 spiro atoms. The highest BCUT2D eigenvalue weighted by molar-refractivity contribution is 5.07. The fraction of sp³-hybridized carbons (Fsp3) is 0.643. The summed E-state index contributed by atoms with van der Waals surface area (Å²) in [5.74, 6) is 0. The number of rotatable bonds is 14. The third-order valence-corrected chi connectivity index (χ3v) is 4.81. The zero-order valence-electron chi connectivity index (χ0n) is 21.1. The molecule has 2 nitrogen and oxygen atoms in total. The molecule has 0 saturated heterocycles. The third kappa shape index (κ3) is 24.7. The smallest absolute Gasteiger partial charge is 0.0468 e. The maximum atomic E-state index is 8.90. The van der Waals surface area contributed by atoms with Crippen LogP contribution < -0.4 is 0 Å². The quantitative estimate of drug-likeness (QED) is 0.220. The highest BCUT2D eigenvalue weighted by Crippen LogP contribution is 2.13. The van der Waals surface area contributed by atoms with Gasteiger partial charge in [-0.1, -0.05) is 58.2 Å². The van der Waals surface area contributed by atoms with Crippen LogP contribution in [0.1, 0.15) is 106 Å². The molecule has 0 amide bonds. The standard InChI is InChI=1S/C26H44O.C2H6O/c1-22(2)12-9-15-25(5)18-10-16-23(3)13-7-8-14-24(4)17-11-19-26(6)20-21-27;1-2-3/h12-14,18-19,27H,7-11,15-17,20-21H2,1-6H3;3H,2H2,1H3/b23-13+,24-14+,25-18+,26-19+;. The van der Waals surface area contributed by atoms with Gasteiger partial charge in [0.15, 0.2) is 0 Å². The van der Waals surface area contributed by atoms with Crippen molar-refractivity contribution in [1.82, 2.24) is 0 Å². The minimum atomic E-state index is 0.250. The highest BCUT2D eigenvalue weighted by atomic mass is 16.3. The fourth-order valence-electron chi connectivity index (χ4n) is 2.93. The van der Waals surface area contributed by atoms with Crippen molar-refractivity contribution in [2.24, 2.45) is 0 Å². The van der Waals surface area contributed by atoms with E-state index in [9.17, 15) is 0 Å². The lowest BCUT2D eigenvalue weighted by Crippen LogP contribution is -1.84. The van der Waals surface area contributed by atoms with Crippen LogP contribution in [0.4, 0.5) is 0 Å². The second-order valence-electron chi connectivity index (χ2n) is 8.47. The molecule has 0 aliphatic rings. The van der Waals surface area contributed by atoms with Crippen LogP contribution in [0.2, 0.25) is 0 Å². The normalized spacial score (nSPS) is 13.1. The minimum absolute atomic E-state index is 0.250. The summed E-state index contributed by atoms with van der Waals surface area (Å²) >= 11 is 0. The molecule has 0 atom stereocenters. The number of aliphatic hydroxyl groups excluding tert-OH is 2. The maximum Gasteiger partial charge on any atom is 0.0468 e. The fourth-order valence-corrected chi connectivity index (χ4v) is 2.93. The molecule has 0 aromatic rings. The van der Waals surface area contributed by atoms with Gasteiger partial charge >= 0.3 is 0 Å². The molecule has 2 N–H and O–H groups in total. The Kier molecular flexibility index (Phi) is 22.9. The number of hydrogen-bond donors (Lipinski definition) is 2. The molecular formula is C28H50O2. The summed E-state index contributed by atoms with van der Waals surface area (Å²) in [4.78, 5) is 0. The van der Waals surface area contributed by atoms with Crippen molar-refractivity contribution in [3.63, 3.8) is 0 Å². The first-order chi connectivity index (χ1) is 14.3. The van der Waals surface area contributed by atoms with Crippen molar-refractivity contribution in [2.75, 3.05) is 13.2 Å². The molecule has 0 aliphatic heterocycles. The van der Waals surface area contributed by atoms with Crippen LogP contribution in [0.25, 0.3) is 0 Å². The van der Waals surface area contributed by atoms with Crippen molar-refractivity contribution in [3.8, 4) is 0 Å². The first-order valence-corrected chi connectivity index (χ1v) is 11.7. The van der Waals surface area contributed by atoms with Gasteiger partial charge in [-0.15, -0.1) is 0 Å². The Labute approximate surface area is 188 Å². The van der Waals surface area contributed by atoms with Crippen LogP contribution >= 0.6 is 0 Å². The van der Waals surface area contributed by atoms with E-state index < -0.39 is 0 Å². The van der Waals surface area contributed by atoms with E-state index in [4.69, 9.17) is 10.2 Å². The van der Waals surface area contributed by atoms with E-state index in [0.717, 1.165) is 38.5 Å². The van der Waals surface area contributed by atoms with E-state index in [1.807, 2.05) is 0 Å². The summed E-state index contributed by atoms with van der Waals surface area (Å²) in [6, 6.07) is 0. The molecule has 2 heteroatoms. The minimum Gasteiger partial charge on any atom is -0.397 e. The molecule has 0 rings (SSSR count). The van der Waals surface area contributed by atoms with Gasteiger partial charge in [-0.2, -0.15) is 0 Å². The van der Waals surface area contributed by atoms with Gasteiger partial charge in [0, 0.05) is 13.2 Å². The molecule has 174 valence electrons. The lowest BCUT2D eigenvalue weighted by molar-refractivity contribution is 0.299. The van der Waals surface area contributed by atoms with Crippen LogP contribution in [-0.2, 0) is 0 Å². The van der Waals surface area contributed by atoms with Gasteiger partial charge in [-0.05, 0) is 106 Å². The monoisotopic (exact) mass is 418 g/mol. The zero-order chi connectivity index (χ0) is 23.2. The summed E-state index contributed by atoms with van der Waals surface area (Å²) in [6.07, 6.45) is 21.8. The van der Waals surface area contributed by atoms with E-state index in [2.05, 4.69) is 71.9 Å². The first-order valence-electron chi connectivity index (χ1n) is 11.7. The zero-order valence-corrected chi connectivity index (χ0v) is 21.1. The number of aliphatic hydroxyl groups is 2. The van der Waals surface area contributed by atoms with Gasteiger partial charge in [0.05, 0.1) is 0 Å². The Balaban J connectivity index is 0. The average Bonchev–Trinajstić information content (AvgIpc) is 2.66. The van der Waals surface area contributed by atoms with E-state index in [0.29, 0.717) is 0 Å². The van der Waals surface area contributed by atoms with E-state index in [1.165, 1.54) is 47.1 Å². The van der Waals surface area contributed by atoms with E-state index >= 15 is 0 Å². The molecule has 0 aromatic heterocycles. The molecule has 0 saturated carbocycles. The molecular weight excluding hydrogens is 368 g/mol. The van der Waals surface area contributed by atoms with Crippen LogP contribution in [0.15, 0.2) is 58.2 Å². The molecule has 0 radical (unpaired) electrons. The van der Waals surface area contributed by atoms with Gasteiger partial charge < -0.3 is 10.2 Å². The first kappa shape index (κ1) is 30.8. The van der Waals surface area contributed by atoms with Gasteiger partial charge in [-0.3, -0.25) is 0 Å². The van der Waals surface area contributed by atoms with Crippen LogP contribution in [0, 0.1) is 0 Å². The average molecular weight is 419 g/mol. The van der Waals surface area contributed by atoms with Crippen LogP contribution in [-0.4, -0.2) is 23.4 Å². The molecule has 30 heavy (non-hydrogen) atoms. The largest absolute Gasteiger partial charge is 0.397 e. The maximum absolute atomic E-state index is 8.90. The molecule has 0 heterocycles. The Morgan fingerprint density at radius 1 is 0.500 bits per heavy atom. The number of hydrogen-bond acceptors (Lipinski definition) is 2. The summed E-state index contributed by atoms with van der Waals surface area (Å²) in [7, 11) is 0. The molecule has 0 fully saturated rings. The SMILES string of the molecule is CC(C)=CCC/C(C)=C/CC/C(C)=C/CC/C=C(\C)CC/C=C(\C)CCO.CCO. The predicted octanol–water partition coefficient (Wildman–Crippen LogP) is 8.24. The summed E-state index contributed by atoms with van der Waals surface area (Å²) in [6.45, 7) is 15.4. The van der Waals surface area contributed by atoms with Crippen LogP contribution in [0.5, 0.6) is 0 Å². The second-order valence-corrected chi connectivity index (χ2v) is 8.47. The van der Waals surface area contributed by atoms with Gasteiger partial charge in [0.25, 0.3) is 0 Å². The number of unbranched alkanes of at least 4 members (excludes halogenated alkanes) is 1. The Hall–Kier alpha value is -1.38. The van der Waals surface area contributed by atoms with Crippen molar-refractivity contribution in [1.29, 1.82) is 0 Å². The second kappa shape index (κ2) is 22.3. The van der Waals surface area contributed by atoms with Crippen LogP contribution in [0.3, 0.4) is 0 Å². The summed E-state index contributed by atoms with van der Waals surface area (Å²) in [5.41, 5.74) is 7.22. The lowest BCUT2D eigenvalue weighted by atomic mass is 10.0. The van der Waals surface area contributed by atoms with E-state index in [-0.39, 0.29) is 13.2 Å². The molecule has 0 bridgehead atoms. The van der Waals surface area contributed by atoms with E-state index in [1.54, 1.807) is 6.92 Å². The molecule has 0 aliphatic carbocycles. The topological polar surface area (TPSA) is 40.5 Å². The molecule has 0 unspecified atom stereocenters. The van der Waals surface area contributed by atoms with Gasteiger partial charge in [0.2, 0.25) is 0 Å². The Morgan fingerprint density at radius 3 is 1.13 bits per heavy atom. The molecule has 0 aromatic carbocycles. The van der Waals surface area contributed by atoms with Gasteiger partial charge in [-0.25, -0.2) is 0 Å². The predicted molar refractivity (Wildman–Crippen MR) is 136 cm³/mol. The Bertz CT molecular complexity index is 555. The van der Waals surface area contributed by atoms with Crippen molar-refractivity contribution in [2.45, 2.75) is 106 Å². The van der Waals surface area contributed by atoms with Crippen molar-refractivity contribution >= 4 is 0 Å². The third-order valence-electron chi connectivity index (χ3n) is 4.81.